The Morgan fingerprint density at radius 1 is 1.08 bits per heavy atom. The Labute approximate surface area is 75.3 Å². The maximum atomic E-state index is 3.46. The van der Waals surface area contributed by atoms with Crippen LogP contribution < -0.4 is 0 Å². The van der Waals surface area contributed by atoms with Gasteiger partial charge in [-0.3, -0.25) is 0 Å². The summed E-state index contributed by atoms with van der Waals surface area (Å²) in [5.41, 5.74) is 2.68. The number of hydrogen-bond acceptors (Lipinski definition) is 0. The second-order valence-corrected chi connectivity index (χ2v) is 2.30. The molecule has 0 radical (unpaired) electrons. The number of hydrogen-bond donors (Lipinski definition) is 0. The van der Waals surface area contributed by atoms with Crippen molar-refractivity contribution in [1.82, 2.24) is 0 Å². The van der Waals surface area contributed by atoms with E-state index in [-0.39, 0.29) is 0 Å². The molecule has 0 heterocycles. The minimum atomic E-state index is 0.965. The van der Waals surface area contributed by atoms with Crippen molar-refractivity contribution < 1.29 is 0 Å². The molecular weight excluding hydrogens is 144 g/mol. The molecule has 0 aliphatic rings. The van der Waals surface area contributed by atoms with Crippen LogP contribution in [-0.2, 0) is 0 Å². The van der Waals surface area contributed by atoms with Gasteiger partial charge in [0.2, 0.25) is 0 Å². The van der Waals surface area contributed by atoms with E-state index in [1.165, 1.54) is 0 Å². The molecule has 0 aromatic heterocycles. The normalized spacial score (nSPS) is 11.4. The summed E-state index contributed by atoms with van der Waals surface area (Å²) in [6.07, 6.45) is 16.2. The number of allylic oxidation sites excluding steroid dienone is 7. The highest BCUT2D eigenvalue weighted by Crippen LogP contribution is 1.88. The molecule has 64 valence electrons. The fourth-order valence-corrected chi connectivity index (χ4v) is 0.665. The van der Waals surface area contributed by atoms with Gasteiger partial charge in [0.25, 0.3) is 0 Å². The van der Waals surface area contributed by atoms with Crippen LogP contribution >= 0.6 is 0 Å². The molecule has 0 amide bonds. The summed E-state index contributed by atoms with van der Waals surface area (Å²) in [7, 11) is 0. The average molecular weight is 160 g/mol. The zero-order valence-corrected chi connectivity index (χ0v) is 7.66. The highest BCUT2D eigenvalue weighted by atomic mass is 13.7. The molecule has 0 rings (SSSR count). The predicted molar refractivity (Wildman–Crippen MR) is 56.0 cm³/mol. The molecule has 0 heteroatoms. The van der Waals surface area contributed by atoms with Crippen molar-refractivity contribution in [3.8, 4) is 0 Å². The van der Waals surface area contributed by atoms with Gasteiger partial charge >= 0.3 is 0 Å². The molecular formula is C12H16. The van der Waals surface area contributed by atoms with Crippen LogP contribution in [0.4, 0.5) is 0 Å². The minimum absolute atomic E-state index is 0.965. The van der Waals surface area contributed by atoms with Gasteiger partial charge in [-0.25, -0.2) is 0 Å². The summed E-state index contributed by atoms with van der Waals surface area (Å²) < 4.78 is 0. The molecule has 0 spiro atoms. The third kappa shape index (κ3) is 8.74. The monoisotopic (exact) mass is 160 g/mol. The molecule has 0 aliphatic carbocycles. The summed E-state index contributed by atoms with van der Waals surface area (Å²) in [5.74, 6) is 0. The van der Waals surface area contributed by atoms with Crippen LogP contribution in [0.1, 0.15) is 19.8 Å². The molecule has 0 bridgehead atoms. The molecule has 0 aliphatic heterocycles. The zero-order chi connectivity index (χ0) is 9.07. The van der Waals surface area contributed by atoms with Crippen LogP contribution in [0.15, 0.2) is 54.8 Å². The molecule has 0 saturated heterocycles. The van der Waals surface area contributed by atoms with Gasteiger partial charge < -0.3 is 0 Å². The SMILES string of the molecule is C=C=C/C=C/C/C=C/C=C/CC. The van der Waals surface area contributed by atoms with E-state index < -0.39 is 0 Å². The maximum absolute atomic E-state index is 3.46. The highest BCUT2D eigenvalue weighted by molar-refractivity contribution is 5.07. The summed E-state index contributed by atoms with van der Waals surface area (Å²) in [4.78, 5) is 0. The lowest BCUT2D eigenvalue weighted by atomic mass is 10.3. The van der Waals surface area contributed by atoms with Crippen molar-refractivity contribution in [1.29, 1.82) is 0 Å². The summed E-state index contributed by atoms with van der Waals surface area (Å²) in [6.45, 7) is 5.58. The van der Waals surface area contributed by atoms with Gasteiger partial charge in [-0.05, 0) is 18.9 Å². The van der Waals surface area contributed by atoms with E-state index in [2.05, 4.69) is 49.6 Å². The zero-order valence-electron chi connectivity index (χ0n) is 7.66. The van der Waals surface area contributed by atoms with E-state index in [1.807, 2.05) is 6.08 Å². The van der Waals surface area contributed by atoms with Crippen molar-refractivity contribution in [2.45, 2.75) is 19.8 Å². The lowest BCUT2D eigenvalue weighted by molar-refractivity contribution is 1.22. The van der Waals surface area contributed by atoms with Crippen molar-refractivity contribution >= 4 is 0 Å². The topological polar surface area (TPSA) is 0 Å². The average Bonchev–Trinajstić information content (AvgIpc) is 2.10. The van der Waals surface area contributed by atoms with E-state index in [9.17, 15) is 0 Å². The van der Waals surface area contributed by atoms with Gasteiger partial charge in [0, 0.05) is 0 Å². The molecule has 0 saturated carbocycles. The molecule has 0 unspecified atom stereocenters. The standard InChI is InChI=1S/C12H16/c1-3-5-7-9-11-12-10-8-6-4-2/h5-10,12H,1,4,11H2,2H3/b8-6+,9-7+,12-10+. The first-order valence-electron chi connectivity index (χ1n) is 4.24. The van der Waals surface area contributed by atoms with E-state index >= 15 is 0 Å². The lowest BCUT2D eigenvalue weighted by Gasteiger charge is -1.78. The molecule has 12 heavy (non-hydrogen) atoms. The molecule has 0 fully saturated rings. The molecule has 0 atom stereocenters. The van der Waals surface area contributed by atoms with Gasteiger partial charge in [0.05, 0.1) is 0 Å². The van der Waals surface area contributed by atoms with Gasteiger partial charge in [-0.2, -0.15) is 0 Å². The second-order valence-electron chi connectivity index (χ2n) is 2.30. The largest absolute Gasteiger partial charge is 0.129 e. The number of rotatable bonds is 5. The second kappa shape index (κ2) is 9.74. The van der Waals surface area contributed by atoms with Gasteiger partial charge in [0.15, 0.2) is 0 Å². The van der Waals surface area contributed by atoms with Gasteiger partial charge in [0.1, 0.15) is 0 Å². The third-order valence-electron chi connectivity index (χ3n) is 1.24. The Kier molecular flexibility index (Phi) is 8.72. The first-order valence-corrected chi connectivity index (χ1v) is 4.24. The highest BCUT2D eigenvalue weighted by Gasteiger charge is 1.67. The lowest BCUT2D eigenvalue weighted by Crippen LogP contribution is -1.57. The van der Waals surface area contributed by atoms with Crippen molar-refractivity contribution in [2.75, 3.05) is 0 Å². The molecule has 0 nitrogen and oxygen atoms in total. The van der Waals surface area contributed by atoms with Gasteiger partial charge in [-0.1, -0.05) is 50.0 Å². The van der Waals surface area contributed by atoms with E-state index in [0.717, 1.165) is 12.8 Å². The summed E-state index contributed by atoms with van der Waals surface area (Å²) in [5, 5.41) is 0. The van der Waals surface area contributed by atoms with E-state index in [1.54, 1.807) is 6.08 Å². The smallest absolute Gasteiger partial charge is 0.0163 e. The van der Waals surface area contributed by atoms with Crippen molar-refractivity contribution in [2.24, 2.45) is 0 Å². The Morgan fingerprint density at radius 2 is 1.75 bits per heavy atom. The first kappa shape index (κ1) is 10.7. The molecule has 0 aromatic rings. The van der Waals surface area contributed by atoms with Crippen molar-refractivity contribution in [3.63, 3.8) is 0 Å². The van der Waals surface area contributed by atoms with Crippen LogP contribution in [-0.4, -0.2) is 0 Å². The Hall–Kier alpha value is -1.26. The van der Waals surface area contributed by atoms with Crippen LogP contribution in [0.25, 0.3) is 0 Å². The fourth-order valence-electron chi connectivity index (χ4n) is 0.665. The van der Waals surface area contributed by atoms with Crippen molar-refractivity contribution in [3.05, 3.63) is 54.8 Å². The third-order valence-corrected chi connectivity index (χ3v) is 1.24. The minimum Gasteiger partial charge on any atom is -0.129 e. The van der Waals surface area contributed by atoms with Crippen LogP contribution in [0.5, 0.6) is 0 Å². The maximum Gasteiger partial charge on any atom is -0.0163 e. The van der Waals surface area contributed by atoms with E-state index in [4.69, 9.17) is 0 Å². The molecule has 0 N–H and O–H groups in total. The first-order chi connectivity index (χ1) is 5.91. The van der Waals surface area contributed by atoms with Crippen LogP contribution in [0.2, 0.25) is 0 Å². The van der Waals surface area contributed by atoms with Gasteiger partial charge in [-0.15, -0.1) is 5.73 Å². The molecule has 0 aromatic carbocycles. The van der Waals surface area contributed by atoms with Crippen LogP contribution in [0.3, 0.4) is 0 Å². The van der Waals surface area contributed by atoms with E-state index in [0.29, 0.717) is 0 Å². The predicted octanol–water partition coefficient (Wildman–Crippen LogP) is 3.80. The Balaban J connectivity index is 3.48. The fraction of sp³-hybridized carbons (Fsp3) is 0.250. The Bertz CT molecular complexity index is 210. The summed E-state index contributed by atoms with van der Waals surface area (Å²) >= 11 is 0. The van der Waals surface area contributed by atoms with Crippen LogP contribution in [0, 0.1) is 0 Å². The Morgan fingerprint density at radius 3 is 2.42 bits per heavy atom. The summed E-state index contributed by atoms with van der Waals surface area (Å²) in [6, 6.07) is 0. The quantitative estimate of drug-likeness (QED) is 0.424.